The molecule has 0 fully saturated rings. The summed E-state index contributed by atoms with van der Waals surface area (Å²) in [5.74, 6) is -1.51. The zero-order chi connectivity index (χ0) is 16.6. The van der Waals surface area contributed by atoms with Crippen LogP contribution >= 0.6 is 0 Å². The molecule has 0 aliphatic rings. The fraction of sp³-hybridized carbons (Fsp3) is 0.867. The molecule has 0 saturated heterocycles. The summed E-state index contributed by atoms with van der Waals surface area (Å²) in [5.41, 5.74) is 0. The van der Waals surface area contributed by atoms with Crippen molar-refractivity contribution < 1.29 is 24.5 Å². The Hall–Kier alpha value is -1.14. The fourth-order valence-corrected chi connectivity index (χ4v) is 2.21. The van der Waals surface area contributed by atoms with Gasteiger partial charge in [-0.3, -0.25) is 14.5 Å². The van der Waals surface area contributed by atoms with Crippen molar-refractivity contribution in [3.05, 3.63) is 0 Å². The van der Waals surface area contributed by atoms with E-state index in [4.69, 9.17) is 4.74 Å². The number of aliphatic carboxylic acids is 2. The summed E-state index contributed by atoms with van der Waals surface area (Å²) in [6.45, 7) is 9.60. The van der Waals surface area contributed by atoms with Gasteiger partial charge in [0, 0.05) is 6.61 Å². The number of carbonyl (C=O) groups is 2. The highest BCUT2D eigenvalue weighted by molar-refractivity contribution is 5.77. The van der Waals surface area contributed by atoms with E-state index in [1.54, 1.807) is 0 Å². The number of nitrogens with zero attached hydrogens (tertiary/aromatic N) is 1. The van der Waals surface area contributed by atoms with Gasteiger partial charge in [-0.1, -0.05) is 20.8 Å². The van der Waals surface area contributed by atoms with Crippen LogP contribution in [-0.2, 0) is 14.3 Å². The quantitative estimate of drug-likeness (QED) is 0.450. The highest BCUT2D eigenvalue weighted by Crippen LogP contribution is 2.17. The molecule has 0 rings (SSSR count). The van der Waals surface area contributed by atoms with Gasteiger partial charge in [0.1, 0.15) is 18.3 Å². The standard InChI is InChI=1S/C15H29NO5/c1-6-13(21-9-7-8-10(2)3)16(11(4)14(17)18)12(5)15(19)20/h10-13H,6-9H2,1-5H3,(H,17,18)(H,19,20). The Morgan fingerprint density at radius 1 is 1.05 bits per heavy atom. The van der Waals surface area contributed by atoms with E-state index in [1.807, 2.05) is 6.92 Å². The Morgan fingerprint density at radius 3 is 1.86 bits per heavy atom. The van der Waals surface area contributed by atoms with E-state index in [9.17, 15) is 19.8 Å². The lowest BCUT2D eigenvalue weighted by atomic mass is 10.1. The predicted octanol–water partition coefficient (Wildman–Crippen LogP) is 2.42. The third-order valence-electron chi connectivity index (χ3n) is 3.53. The average Bonchev–Trinajstić information content (AvgIpc) is 2.40. The number of carboxylic acids is 2. The van der Waals surface area contributed by atoms with Crippen LogP contribution in [0.4, 0.5) is 0 Å². The molecule has 3 atom stereocenters. The average molecular weight is 303 g/mol. The smallest absolute Gasteiger partial charge is 0.320 e. The Bertz CT molecular complexity index is 312. The Kier molecular flexibility index (Phi) is 9.21. The monoisotopic (exact) mass is 303 g/mol. The minimum Gasteiger partial charge on any atom is -0.480 e. The van der Waals surface area contributed by atoms with Crippen molar-refractivity contribution in [1.29, 1.82) is 0 Å². The van der Waals surface area contributed by atoms with E-state index >= 15 is 0 Å². The Morgan fingerprint density at radius 2 is 1.52 bits per heavy atom. The molecule has 3 unspecified atom stereocenters. The molecule has 0 aliphatic carbocycles. The van der Waals surface area contributed by atoms with E-state index in [2.05, 4.69) is 13.8 Å². The number of hydrogen-bond acceptors (Lipinski definition) is 4. The van der Waals surface area contributed by atoms with Crippen molar-refractivity contribution in [1.82, 2.24) is 4.90 Å². The van der Waals surface area contributed by atoms with E-state index in [0.717, 1.165) is 12.8 Å². The summed E-state index contributed by atoms with van der Waals surface area (Å²) >= 11 is 0. The summed E-state index contributed by atoms with van der Waals surface area (Å²) < 4.78 is 5.75. The summed E-state index contributed by atoms with van der Waals surface area (Å²) in [6, 6.07) is -1.82. The van der Waals surface area contributed by atoms with E-state index < -0.39 is 30.3 Å². The summed E-state index contributed by atoms with van der Waals surface area (Å²) in [7, 11) is 0. The molecule has 0 amide bonds. The van der Waals surface area contributed by atoms with Crippen LogP contribution in [0.5, 0.6) is 0 Å². The van der Waals surface area contributed by atoms with Gasteiger partial charge in [-0.15, -0.1) is 0 Å². The maximum Gasteiger partial charge on any atom is 0.320 e. The molecule has 0 heterocycles. The van der Waals surface area contributed by atoms with Crippen molar-refractivity contribution in [3.63, 3.8) is 0 Å². The highest BCUT2D eigenvalue weighted by Gasteiger charge is 2.35. The van der Waals surface area contributed by atoms with Crippen LogP contribution in [0.3, 0.4) is 0 Å². The lowest BCUT2D eigenvalue weighted by molar-refractivity contribution is -0.164. The number of carboxylic acid groups (broad SMARTS) is 2. The SMILES string of the molecule is CCC(OCCCC(C)C)N(C(C)C(=O)O)C(C)C(=O)O. The molecule has 0 spiro atoms. The fourth-order valence-electron chi connectivity index (χ4n) is 2.21. The third kappa shape index (κ3) is 6.91. The Labute approximate surface area is 127 Å². The second-order valence-corrected chi connectivity index (χ2v) is 5.75. The number of rotatable bonds is 11. The summed E-state index contributed by atoms with van der Waals surface area (Å²) in [5, 5.41) is 18.4. The van der Waals surface area contributed by atoms with Crippen molar-refractivity contribution in [2.45, 2.75) is 72.2 Å². The predicted molar refractivity (Wildman–Crippen MR) is 80.1 cm³/mol. The zero-order valence-corrected chi connectivity index (χ0v) is 13.7. The number of hydrogen-bond donors (Lipinski definition) is 2. The minimum absolute atomic E-state index is 0.505. The van der Waals surface area contributed by atoms with Gasteiger partial charge in [0.05, 0.1) is 0 Å². The van der Waals surface area contributed by atoms with Crippen LogP contribution in [-0.4, -0.2) is 52.0 Å². The van der Waals surface area contributed by atoms with E-state index in [-0.39, 0.29) is 0 Å². The van der Waals surface area contributed by atoms with Crippen molar-refractivity contribution >= 4 is 11.9 Å². The minimum atomic E-state index is -1.05. The first-order chi connectivity index (χ1) is 9.72. The Balaban J connectivity index is 4.82. The van der Waals surface area contributed by atoms with Crippen molar-refractivity contribution in [3.8, 4) is 0 Å². The second-order valence-electron chi connectivity index (χ2n) is 5.75. The number of ether oxygens (including phenoxy) is 1. The first kappa shape index (κ1) is 19.9. The molecular weight excluding hydrogens is 274 g/mol. The van der Waals surface area contributed by atoms with Gasteiger partial charge in [-0.2, -0.15) is 0 Å². The molecular formula is C15H29NO5. The van der Waals surface area contributed by atoms with Crippen LogP contribution in [0.1, 0.15) is 53.9 Å². The molecule has 0 aromatic carbocycles. The van der Waals surface area contributed by atoms with Gasteiger partial charge < -0.3 is 14.9 Å². The molecule has 0 aromatic rings. The van der Waals surface area contributed by atoms with Gasteiger partial charge in [0.25, 0.3) is 0 Å². The van der Waals surface area contributed by atoms with Crippen LogP contribution in [0.25, 0.3) is 0 Å². The summed E-state index contributed by atoms with van der Waals surface area (Å²) in [6.07, 6.45) is 1.94. The molecule has 6 heteroatoms. The molecule has 0 radical (unpaired) electrons. The first-order valence-electron chi connectivity index (χ1n) is 7.56. The van der Waals surface area contributed by atoms with E-state index in [1.165, 1.54) is 18.7 Å². The van der Waals surface area contributed by atoms with Gasteiger partial charge in [0.15, 0.2) is 0 Å². The van der Waals surface area contributed by atoms with Crippen LogP contribution in [0, 0.1) is 5.92 Å². The zero-order valence-electron chi connectivity index (χ0n) is 13.7. The van der Waals surface area contributed by atoms with Gasteiger partial charge in [-0.05, 0) is 39.0 Å². The van der Waals surface area contributed by atoms with Gasteiger partial charge in [0.2, 0.25) is 0 Å². The molecule has 0 aromatic heterocycles. The first-order valence-corrected chi connectivity index (χ1v) is 7.56. The van der Waals surface area contributed by atoms with Crippen molar-refractivity contribution in [2.75, 3.05) is 6.61 Å². The van der Waals surface area contributed by atoms with Crippen LogP contribution < -0.4 is 0 Å². The van der Waals surface area contributed by atoms with Gasteiger partial charge >= 0.3 is 11.9 Å². The summed E-state index contributed by atoms with van der Waals surface area (Å²) in [4.78, 5) is 23.9. The molecule has 0 saturated carbocycles. The molecule has 2 N–H and O–H groups in total. The van der Waals surface area contributed by atoms with Crippen LogP contribution in [0.2, 0.25) is 0 Å². The topological polar surface area (TPSA) is 87.1 Å². The lowest BCUT2D eigenvalue weighted by Gasteiger charge is -2.36. The molecule has 21 heavy (non-hydrogen) atoms. The molecule has 0 aliphatic heterocycles. The van der Waals surface area contributed by atoms with E-state index in [0.29, 0.717) is 18.9 Å². The third-order valence-corrected chi connectivity index (χ3v) is 3.53. The van der Waals surface area contributed by atoms with Crippen LogP contribution in [0.15, 0.2) is 0 Å². The molecule has 124 valence electrons. The second kappa shape index (κ2) is 9.73. The maximum absolute atomic E-state index is 11.2. The maximum atomic E-state index is 11.2. The molecule has 6 nitrogen and oxygen atoms in total. The largest absolute Gasteiger partial charge is 0.480 e. The normalized spacial score (nSPS) is 16.0. The molecule has 0 bridgehead atoms. The highest BCUT2D eigenvalue weighted by atomic mass is 16.5. The lowest BCUT2D eigenvalue weighted by Crippen LogP contribution is -2.54. The van der Waals surface area contributed by atoms with Crippen molar-refractivity contribution in [2.24, 2.45) is 5.92 Å². The van der Waals surface area contributed by atoms with Gasteiger partial charge in [-0.25, -0.2) is 0 Å².